The van der Waals surface area contributed by atoms with Crippen LogP contribution in [-0.2, 0) is 12.8 Å². The van der Waals surface area contributed by atoms with Crippen LogP contribution in [0.15, 0.2) is 5.38 Å². The van der Waals surface area contributed by atoms with Crippen molar-refractivity contribution in [3.63, 3.8) is 0 Å². The number of thiophene rings is 1. The second kappa shape index (κ2) is 6.49. The van der Waals surface area contributed by atoms with Crippen LogP contribution < -0.4 is 5.32 Å². The highest BCUT2D eigenvalue weighted by molar-refractivity contribution is 7.10. The molecule has 1 atom stereocenters. The number of nitrogens with zero attached hydrogens (tertiary/aromatic N) is 1. The van der Waals surface area contributed by atoms with Crippen LogP contribution in [0.3, 0.4) is 0 Å². The van der Waals surface area contributed by atoms with Crippen LogP contribution in [0.4, 0.5) is 0 Å². The molecule has 0 aromatic carbocycles. The third kappa shape index (κ3) is 3.32. The van der Waals surface area contributed by atoms with Crippen molar-refractivity contribution in [2.24, 2.45) is 5.92 Å². The average Bonchev–Trinajstić information content (AvgIpc) is 2.91. The van der Waals surface area contributed by atoms with Gasteiger partial charge in [-0.15, -0.1) is 11.3 Å². The first-order chi connectivity index (χ1) is 10.2. The zero-order valence-electron chi connectivity index (χ0n) is 13.2. The van der Waals surface area contributed by atoms with E-state index < -0.39 is 0 Å². The number of hydrogen-bond acceptors (Lipinski definition) is 3. The molecule has 0 bridgehead atoms. The maximum atomic E-state index is 12.6. The van der Waals surface area contributed by atoms with E-state index in [1.165, 1.54) is 16.9 Å². The van der Waals surface area contributed by atoms with E-state index in [2.05, 4.69) is 29.4 Å². The predicted octanol–water partition coefficient (Wildman–Crippen LogP) is 3.09. The summed E-state index contributed by atoms with van der Waals surface area (Å²) in [5, 5.41) is 5.35. The van der Waals surface area contributed by atoms with Crippen LogP contribution in [0.2, 0.25) is 0 Å². The maximum absolute atomic E-state index is 12.6. The van der Waals surface area contributed by atoms with E-state index >= 15 is 0 Å². The van der Waals surface area contributed by atoms with Gasteiger partial charge in [-0.05, 0) is 50.1 Å². The van der Waals surface area contributed by atoms with Crippen molar-refractivity contribution in [3.8, 4) is 0 Å². The van der Waals surface area contributed by atoms with Crippen molar-refractivity contribution in [2.45, 2.75) is 52.0 Å². The highest BCUT2D eigenvalue weighted by Crippen LogP contribution is 2.32. The van der Waals surface area contributed by atoms with Gasteiger partial charge in [0.15, 0.2) is 0 Å². The molecular weight excluding hydrogens is 280 g/mol. The second-order valence-electron chi connectivity index (χ2n) is 6.58. The van der Waals surface area contributed by atoms with Crippen LogP contribution in [0.5, 0.6) is 0 Å². The zero-order chi connectivity index (χ0) is 14.8. The van der Waals surface area contributed by atoms with Crippen molar-refractivity contribution < 1.29 is 4.79 Å². The van der Waals surface area contributed by atoms with Gasteiger partial charge in [0.05, 0.1) is 5.56 Å². The van der Waals surface area contributed by atoms with E-state index in [0.29, 0.717) is 6.04 Å². The molecule has 1 fully saturated rings. The van der Waals surface area contributed by atoms with Crippen molar-refractivity contribution in [1.82, 2.24) is 10.2 Å². The Bertz CT molecular complexity index is 503. The summed E-state index contributed by atoms with van der Waals surface area (Å²) in [5.41, 5.74) is 2.29. The number of nitrogens with one attached hydrogen (secondary N) is 1. The predicted molar refractivity (Wildman–Crippen MR) is 88.1 cm³/mol. The minimum atomic E-state index is 0.164. The van der Waals surface area contributed by atoms with E-state index in [-0.39, 0.29) is 5.91 Å². The third-order valence-corrected chi connectivity index (χ3v) is 6.07. The summed E-state index contributed by atoms with van der Waals surface area (Å²) in [6.07, 6.45) is 5.63. The Hall–Kier alpha value is -0.870. The quantitative estimate of drug-likeness (QED) is 0.931. The van der Waals surface area contributed by atoms with Gasteiger partial charge in [0.2, 0.25) is 0 Å². The minimum absolute atomic E-state index is 0.164. The van der Waals surface area contributed by atoms with E-state index in [1.807, 2.05) is 0 Å². The molecule has 1 aliphatic heterocycles. The molecule has 1 N–H and O–H groups in total. The molecule has 116 valence electrons. The van der Waals surface area contributed by atoms with Gasteiger partial charge < -0.3 is 10.2 Å². The molecule has 2 aliphatic rings. The smallest absolute Gasteiger partial charge is 0.252 e. The fourth-order valence-corrected chi connectivity index (χ4v) is 4.77. The SMILES string of the molecule is CCN1CCC(NC(=O)c2csc3c2CC[C@@H](C)C3)CC1. The molecule has 4 heteroatoms. The van der Waals surface area contributed by atoms with Crippen molar-refractivity contribution >= 4 is 17.2 Å². The lowest BCUT2D eigenvalue weighted by Gasteiger charge is -2.31. The molecular formula is C17H26N2OS. The highest BCUT2D eigenvalue weighted by Gasteiger charge is 2.25. The molecule has 1 aromatic rings. The topological polar surface area (TPSA) is 32.3 Å². The Morgan fingerprint density at radius 1 is 1.38 bits per heavy atom. The first-order valence-corrected chi connectivity index (χ1v) is 9.17. The molecule has 0 radical (unpaired) electrons. The monoisotopic (exact) mass is 306 g/mol. The van der Waals surface area contributed by atoms with Gasteiger partial charge in [0.1, 0.15) is 0 Å². The molecule has 3 rings (SSSR count). The fourth-order valence-electron chi connectivity index (χ4n) is 3.52. The lowest BCUT2D eigenvalue weighted by molar-refractivity contribution is 0.0912. The first-order valence-electron chi connectivity index (χ1n) is 8.29. The van der Waals surface area contributed by atoms with E-state index in [4.69, 9.17) is 0 Å². The zero-order valence-corrected chi connectivity index (χ0v) is 14.0. The standard InChI is InChI=1S/C17H26N2OS/c1-3-19-8-6-13(7-9-19)18-17(20)15-11-21-16-10-12(2)4-5-14(15)16/h11-13H,3-10H2,1-2H3,(H,18,20)/t12-/m1/s1. The second-order valence-corrected chi connectivity index (χ2v) is 7.55. The van der Waals surface area contributed by atoms with E-state index in [1.54, 1.807) is 11.3 Å². The lowest BCUT2D eigenvalue weighted by Crippen LogP contribution is -2.44. The average molecular weight is 306 g/mol. The van der Waals surface area contributed by atoms with Gasteiger partial charge in [-0.2, -0.15) is 0 Å². The number of piperidine rings is 1. The number of fused-ring (bicyclic) bond motifs is 1. The van der Waals surface area contributed by atoms with Crippen LogP contribution in [0.25, 0.3) is 0 Å². The van der Waals surface area contributed by atoms with Gasteiger partial charge in [-0.25, -0.2) is 0 Å². The van der Waals surface area contributed by atoms with Gasteiger partial charge in [-0.3, -0.25) is 4.79 Å². The molecule has 1 saturated heterocycles. The van der Waals surface area contributed by atoms with Crippen molar-refractivity contribution in [1.29, 1.82) is 0 Å². The molecule has 1 aliphatic carbocycles. The van der Waals surface area contributed by atoms with Gasteiger partial charge in [0.25, 0.3) is 5.91 Å². The minimum Gasteiger partial charge on any atom is -0.349 e. The van der Waals surface area contributed by atoms with Gasteiger partial charge in [0, 0.05) is 29.4 Å². The Labute approximate surface area is 131 Å². The summed E-state index contributed by atoms with van der Waals surface area (Å²) in [5.74, 6) is 0.933. The molecule has 0 spiro atoms. The Balaban J connectivity index is 1.62. The number of hydrogen-bond donors (Lipinski definition) is 1. The van der Waals surface area contributed by atoms with Crippen LogP contribution in [0, 0.1) is 5.92 Å². The molecule has 1 aromatic heterocycles. The summed E-state index contributed by atoms with van der Waals surface area (Å²) in [6.45, 7) is 7.86. The van der Waals surface area contributed by atoms with E-state index in [0.717, 1.165) is 56.8 Å². The first kappa shape index (κ1) is 15.0. The van der Waals surface area contributed by atoms with Crippen molar-refractivity contribution in [3.05, 3.63) is 21.4 Å². The van der Waals surface area contributed by atoms with Crippen LogP contribution >= 0.6 is 11.3 Å². The summed E-state index contributed by atoms with van der Waals surface area (Å²) in [6, 6.07) is 0.360. The Morgan fingerprint density at radius 3 is 2.86 bits per heavy atom. The highest BCUT2D eigenvalue weighted by atomic mass is 32.1. The Morgan fingerprint density at radius 2 is 2.14 bits per heavy atom. The normalized spacial score (nSPS) is 23.8. The summed E-state index contributed by atoms with van der Waals surface area (Å²) in [7, 11) is 0. The number of carbonyl (C=O) groups excluding carboxylic acids is 1. The van der Waals surface area contributed by atoms with Gasteiger partial charge in [-0.1, -0.05) is 13.8 Å². The molecule has 1 amide bonds. The molecule has 0 unspecified atom stereocenters. The van der Waals surface area contributed by atoms with Crippen molar-refractivity contribution in [2.75, 3.05) is 19.6 Å². The summed E-state index contributed by atoms with van der Waals surface area (Å²) in [4.78, 5) is 16.5. The number of carbonyl (C=O) groups is 1. The third-order valence-electron chi connectivity index (χ3n) is 5.02. The summed E-state index contributed by atoms with van der Waals surface area (Å²) >= 11 is 1.78. The van der Waals surface area contributed by atoms with Crippen LogP contribution in [0.1, 0.15) is 53.9 Å². The van der Waals surface area contributed by atoms with E-state index in [9.17, 15) is 4.79 Å². The lowest BCUT2D eigenvalue weighted by atomic mass is 9.88. The molecule has 21 heavy (non-hydrogen) atoms. The number of rotatable bonds is 3. The molecule has 2 heterocycles. The Kier molecular flexibility index (Phi) is 4.65. The fraction of sp³-hybridized carbons (Fsp3) is 0.706. The molecule has 0 saturated carbocycles. The number of amides is 1. The molecule has 3 nitrogen and oxygen atoms in total. The largest absolute Gasteiger partial charge is 0.349 e. The van der Waals surface area contributed by atoms with Gasteiger partial charge >= 0.3 is 0 Å². The van der Waals surface area contributed by atoms with Crippen LogP contribution in [-0.4, -0.2) is 36.5 Å². The summed E-state index contributed by atoms with van der Waals surface area (Å²) < 4.78 is 0. The number of likely N-dealkylation sites (tertiary alicyclic amines) is 1. The maximum Gasteiger partial charge on any atom is 0.252 e.